The summed E-state index contributed by atoms with van der Waals surface area (Å²) in [5.74, 6) is 0.873. The quantitative estimate of drug-likeness (QED) is 0.682. The second kappa shape index (κ2) is 3.90. The normalized spacial score (nSPS) is 16.6. The first-order valence-electron chi connectivity index (χ1n) is 5.16. The van der Waals surface area contributed by atoms with Crippen LogP contribution in [0.5, 0.6) is 0 Å². The summed E-state index contributed by atoms with van der Waals surface area (Å²) in [7, 11) is 0. The number of aryl methyl sites for hydroxylation is 1. The van der Waals surface area contributed by atoms with Crippen molar-refractivity contribution in [3.8, 4) is 0 Å². The van der Waals surface area contributed by atoms with Gasteiger partial charge in [-0.25, -0.2) is 4.68 Å². The third-order valence-electron chi connectivity index (χ3n) is 3.10. The van der Waals surface area contributed by atoms with E-state index >= 15 is 0 Å². The summed E-state index contributed by atoms with van der Waals surface area (Å²) >= 11 is 0. The molecule has 1 aliphatic carbocycles. The fraction of sp³-hybridized carbons (Fsp3) is 0.700. The highest BCUT2D eigenvalue weighted by Gasteiger charge is 2.17. The van der Waals surface area contributed by atoms with Crippen LogP contribution in [-0.2, 0) is 6.54 Å². The molecule has 0 N–H and O–H groups in total. The Morgan fingerprint density at radius 3 is 2.86 bits per heavy atom. The van der Waals surface area contributed by atoms with Gasteiger partial charge in [-0.15, -0.1) is 5.10 Å². The lowest BCUT2D eigenvalue weighted by Gasteiger charge is -2.24. The average molecular weight is 193 g/mol. The zero-order chi connectivity index (χ0) is 9.97. The summed E-state index contributed by atoms with van der Waals surface area (Å²) in [4.78, 5) is 10.5. The number of aldehydes is 1. The lowest BCUT2D eigenvalue weighted by molar-refractivity contribution is 0.111. The topological polar surface area (TPSA) is 47.8 Å². The van der Waals surface area contributed by atoms with E-state index < -0.39 is 0 Å². The third kappa shape index (κ3) is 1.69. The molecule has 0 radical (unpaired) electrons. The predicted octanol–water partition coefficient (Wildman–Crippen LogP) is 1.59. The van der Waals surface area contributed by atoms with Crippen molar-refractivity contribution in [3.05, 3.63) is 11.4 Å². The molecule has 1 fully saturated rings. The van der Waals surface area contributed by atoms with Crippen LogP contribution >= 0.6 is 0 Å². The van der Waals surface area contributed by atoms with E-state index in [1.165, 1.54) is 25.7 Å². The van der Waals surface area contributed by atoms with Crippen LogP contribution in [0.25, 0.3) is 0 Å². The first-order valence-corrected chi connectivity index (χ1v) is 5.16. The highest BCUT2D eigenvalue weighted by Crippen LogP contribution is 2.29. The molecular weight excluding hydrogens is 178 g/mol. The van der Waals surface area contributed by atoms with Crippen LogP contribution in [0.3, 0.4) is 0 Å². The summed E-state index contributed by atoms with van der Waals surface area (Å²) in [5, 5.41) is 7.75. The number of aromatic nitrogens is 3. The lowest BCUT2D eigenvalue weighted by atomic mass is 9.83. The Morgan fingerprint density at radius 2 is 2.36 bits per heavy atom. The van der Waals surface area contributed by atoms with Crippen LogP contribution in [0.1, 0.15) is 41.9 Å². The van der Waals surface area contributed by atoms with E-state index in [0.717, 1.165) is 24.4 Å². The minimum absolute atomic E-state index is 0.471. The van der Waals surface area contributed by atoms with E-state index in [9.17, 15) is 4.79 Å². The molecule has 1 aliphatic rings. The van der Waals surface area contributed by atoms with Crippen molar-refractivity contribution in [1.82, 2.24) is 15.0 Å². The Morgan fingerprint density at radius 1 is 1.57 bits per heavy atom. The molecule has 76 valence electrons. The largest absolute Gasteiger partial charge is 0.296 e. The van der Waals surface area contributed by atoms with E-state index in [0.29, 0.717) is 5.69 Å². The molecule has 4 nitrogen and oxygen atoms in total. The Hall–Kier alpha value is -1.19. The summed E-state index contributed by atoms with van der Waals surface area (Å²) in [6.07, 6.45) is 6.02. The Kier molecular flexibility index (Phi) is 2.61. The van der Waals surface area contributed by atoms with Crippen molar-refractivity contribution in [2.24, 2.45) is 5.92 Å². The summed E-state index contributed by atoms with van der Waals surface area (Å²) in [5.41, 5.74) is 1.36. The maximum absolute atomic E-state index is 10.5. The molecule has 0 bridgehead atoms. The Bertz CT molecular complexity index is 328. The predicted molar refractivity (Wildman–Crippen MR) is 52.1 cm³/mol. The molecule has 0 saturated heterocycles. The van der Waals surface area contributed by atoms with Crippen LogP contribution in [0.4, 0.5) is 0 Å². The van der Waals surface area contributed by atoms with Gasteiger partial charge in [0.15, 0.2) is 6.29 Å². The van der Waals surface area contributed by atoms with Gasteiger partial charge in [-0.05, 0) is 19.3 Å². The van der Waals surface area contributed by atoms with Gasteiger partial charge in [0.25, 0.3) is 0 Å². The van der Waals surface area contributed by atoms with Crippen molar-refractivity contribution < 1.29 is 4.79 Å². The van der Waals surface area contributed by atoms with E-state index in [1.807, 2.05) is 11.6 Å². The molecule has 0 spiro atoms. The monoisotopic (exact) mass is 193 g/mol. The molecule has 1 heterocycles. The number of rotatable bonds is 4. The zero-order valence-electron chi connectivity index (χ0n) is 8.44. The molecule has 1 saturated carbocycles. The highest BCUT2D eigenvalue weighted by atomic mass is 16.1. The Labute approximate surface area is 83.3 Å². The number of nitrogens with zero attached hydrogens (tertiary/aromatic N) is 3. The van der Waals surface area contributed by atoms with Gasteiger partial charge >= 0.3 is 0 Å². The molecule has 0 aromatic carbocycles. The van der Waals surface area contributed by atoms with Crippen LogP contribution in [0.15, 0.2) is 0 Å². The van der Waals surface area contributed by atoms with Crippen molar-refractivity contribution >= 4 is 6.29 Å². The minimum atomic E-state index is 0.471. The smallest absolute Gasteiger partial charge is 0.172 e. The minimum Gasteiger partial charge on any atom is -0.296 e. The highest BCUT2D eigenvalue weighted by molar-refractivity contribution is 5.72. The SMILES string of the molecule is Cc1c(C=O)nnn1CCC1CCC1. The van der Waals surface area contributed by atoms with Gasteiger partial charge in [0.05, 0.1) is 5.69 Å². The fourth-order valence-corrected chi connectivity index (χ4v) is 1.78. The standard InChI is InChI=1S/C10H15N3O/c1-8-10(7-14)11-12-13(8)6-5-9-3-2-4-9/h7,9H,2-6H2,1H3. The number of hydrogen-bond acceptors (Lipinski definition) is 3. The van der Waals surface area contributed by atoms with Gasteiger partial charge < -0.3 is 0 Å². The zero-order valence-corrected chi connectivity index (χ0v) is 8.44. The van der Waals surface area contributed by atoms with Crippen LogP contribution in [-0.4, -0.2) is 21.3 Å². The second-order valence-electron chi connectivity index (χ2n) is 3.99. The first-order chi connectivity index (χ1) is 6.81. The summed E-state index contributed by atoms with van der Waals surface area (Å²) in [6, 6.07) is 0. The molecule has 4 heteroatoms. The Balaban J connectivity index is 1.94. The molecule has 0 atom stereocenters. The number of carbonyl (C=O) groups is 1. The number of carbonyl (C=O) groups excluding carboxylic acids is 1. The average Bonchev–Trinajstić information content (AvgIpc) is 2.45. The van der Waals surface area contributed by atoms with Crippen LogP contribution < -0.4 is 0 Å². The van der Waals surface area contributed by atoms with Crippen molar-refractivity contribution in [2.75, 3.05) is 0 Å². The van der Waals surface area contributed by atoms with E-state index in [4.69, 9.17) is 0 Å². The van der Waals surface area contributed by atoms with Gasteiger partial charge in [0.1, 0.15) is 5.69 Å². The maximum Gasteiger partial charge on any atom is 0.172 e. The van der Waals surface area contributed by atoms with E-state index in [-0.39, 0.29) is 0 Å². The van der Waals surface area contributed by atoms with Crippen LogP contribution in [0, 0.1) is 12.8 Å². The van der Waals surface area contributed by atoms with Gasteiger partial charge in [0.2, 0.25) is 0 Å². The van der Waals surface area contributed by atoms with Gasteiger partial charge in [-0.3, -0.25) is 4.79 Å². The van der Waals surface area contributed by atoms with Crippen molar-refractivity contribution in [1.29, 1.82) is 0 Å². The third-order valence-corrected chi connectivity index (χ3v) is 3.10. The molecular formula is C10H15N3O. The van der Waals surface area contributed by atoms with Crippen molar-refractivity contribution in [2.45, 2.75) is 39.2 Å². The lowest BCUT2D eigenvalue weighted by Crippen LogP contribution is -2.15. The molecule has 1 aromatic heterocycles. The molecule has 0 aliphatic heterocycles. The molecule has 0 unspecified atom stereocenters. The van der Waals surface area contributed by atoms with Gasteiger partial charge in [-0.1, -0.05) is 24.5 Å². The molecule has 0 amide bonds. The summed E-state index contributed by atoms with van der Waals surface area (Å²) < 4.78 is 1.84. The first kappa shape index (κ1) is 9.37. The maximum atomic E-state index is 10.5. The summed E-state index contributed by atoms with van der Waals surface area (Å²) in [6.45, 7) is 2.79. The van der Waals surface area contributed by atoms with Crippen molar-refractivity contribution in [3.63, 3.8) is 0 Å². The second-order valence-corrected chi connectivity index (χ2v) is 3.99. The molecule has 2 rings (SSSR count). The molecule has 14 heavy (non-hydrogen) atoms. The molecule has 1 aromatic rings. The van der Waals surface area contributed by atoms with Gasteiger partial charge in [0, 0.05) is 6.54 Å². The van der Waals surface area contributed by atoms with E-state index in [1.54, 1.807) is 0 Å². The van der Waals surface area contributed by atoms with Gasteiger partial charge in [-0.2, -0.15) is 0 Å². The number of hydrogen-bond donors (Lipinski definition) is 0. The fourth-order valence-electron chi connectivity index (χ4n) is 1.78. The van der Waals surface area contributed by atoms with Crippen LogP contribution in [0.2, 0.25) is 0 Å². The van der Waals surface area contributed by atoms with E-state index in [2.05, 4.69) is 10.3 Å².